The predicted octanol–water partition coefficient (Wildman–Crippen LogP) is 7.34. The Kier molecular flexibility index (Phi) is 16.5. The van der Waals surface area contributed by atoms with Crippen LogP contribution in [0.2, 0.25) is 0 Å². The van der Waals surface area contributed by atoms with Crippen molar-refractivity contribution in [2.75, 3.05) is 13.2 Å². The summed E-state index contributed by atoms with van der Waals surface area (Å²) in [6.45, 7) is 27.9. The fourth-order valence-electron chi connectivity index (χ4n) is 4.20. The standard InChI is InChI=1S/2C17H29O4P.Ca/c2*1-8-21-22(19,20)15(18)12-9-13(16(2,3)4)11-14(10-12)17(5,6)7;/h2*9-11,15,18H,8H2,1-7H3,(H,19,20);/q;;+2/p-2. The number of aliphatic hydroxyl groups excluding tert-OH is 2. The van der Waals surface area contributed by atoms with E-state index in [1.165, 1.54) is 0 Å². The van der Waals surface area contributed by atoms with Crippen LogP contribution in [-0.2, 0) is 39.8 Å². The topological polar surface area (TPSA) is 139 Å². The van der Waals surface area contributed by atoms with Crippen molar-refractivity contribution < 1.29 is 38.2 Å². The molecule has 0 saturated carbocycles. The predicted molar refractivity (Wildman–Crippen MR) is 182 cm³/mol. The van der Waals surface area contributed by atoms with Gasteiger partial charge in [0.25, 0.3) is 0 Å². The van der Waals surface area contributed by atoms with E-state index < -0.39 is 26.9 Å². The Labute approximate surface area is 302 Å². The van der Waals surface area contributed by atoms with Crippen LogP contribution in [0.4, 0.5) is 0 Å². The van der Waals surface area contributed by atoms with E-state index in [4.69, 9.17) is 9.05 Å². The first-order chi connectivity index (χ1) is 19.6. The van der Waals surface area contributed by atoms with Crippen LogP contribution in [0.15, 0.2) is 36.4 Å². The van der Waals surface area contributed by atoms with E-state index in [1.54, 1.807) is 38.1 Å². The molecule has 4 unspecified atom stereocenters. The summed E-state index contributed by atoms with van der Waals surface area (Å²) in [6, 6.07) is 11.2. The Bertz CT molecular complexity index is 1180. The third-order valence-electron chi connectivity index (χ3n) is 7.19. The number of benzene rings is 2. The first kappa shape index (κ1) is 44.9. The van der Waals surface area contributed by atoms with E-state index in [2.05, 4.69) is 95.2 Å². The molecule has 2 N–H and O–H groups in total. The van der Waals surface area contributed by atoms with E-state index >= 15 is 0 Å². The average molecular weight is 695 g/mol. The molecule has 11 heteroatoms. The van der Waals surface area contributed by atoms with Crippen molar-refractivity contribution in [3.63, 3.8) is 0 Å². The maximum atomic E-state index is 12.0. The minimum absolute atomic E-state index is 0. The van der Waals surface area contributed by atoms with Gasteiger partial charge in [-0.2, -0.15) is 0 Å². The first-order valence-corrected chi connectivity index (χ1v) is 18.4. The molecule has 0 aliphatic carbocycles. The largest absolute Gasteiger partial charge is 2.00 e. The third kappa shape index (κ3) is 13.4. The van der Waals surface area contributed by atoms with Crippen molar-refractivity contribution >= 4 is 52.9 Å². The Morgan fingerprint density at radius 2 is 0.756 bits per heavy atom. The third-order valence-corrected chi connectivity index (χ3v) is 10.2. The van der Waals surface area contributed by atoms with Crippen molar-refractivity contribution in [3.8, 4) is 0 Å². The van der Waals surface area contributed by atoms with Crippen molar-refractivity contribution in [1.29, 1.82) is 0 Å². The van der Waals surface area contributed by atoms with Gasteiger partial charge < -0.3 is 38.2 Å². The summed E-state index contributed by atoms with van der Waals surface area (Å²) >= 11 is 0. The van der Waals surface area contributed by atoms with Gasteiger partial charge in [0, 0.05) is 0 Å². The van der Waals surface area contributed by atoms with Gasteiger partial charge in [-0.15, -0.1) is 0 Å². The van der Waals surface area contributed by atoms with Crippen LogP contribution < -0.4 is 9.79 Å². The smallest absolute Gasteiger partial charge is 0.776 e. The van der Waals surface area contributed by atoms with Gasteiger partial charge in [0.15, 0.2) is 15.2 Å². The Hall–Kier alpha value is -0.0803. The van der Waals surface area contributed by atoms with Crippen LogP contribution in [-0.4, -0.2) is 61.2 Å². The second-order valence-corrected chi connectivity index (χ2v) is 19.0. The molecule has 252 valence electrons. The maximum Gasteiger partial charge on any atom is 2.00 e. The number of hydrogen-bond acceptors (Lipinski definition) is 8. The zero-order valence-electron chi connectivity index (χ0n) is 30.0. The van der Waals surface area contributed by atoms with Crippen LogP contribution in [0.5, 0.6) is 0 Å². The quantitative estimate of drug-likeness (QED) is 0.216. The molecule has 8 nitrogen and oxygen atoms in total. The minimum Gasteiger partial charge on any atom is -0.776 e. The summed E-state index contributed by atoms with van der Waals surface area (Å²) in [5.74, 6) is -3.29. The van der Waals surface area contributed by atoms with E-state index in [-0.39, 0.29) is 72.6 Å². The van der Waals surface area contributed by atoms with Crippen molar-refractivity contribution in [1.82, 2.24) is 0 Å². The summed E-state index contributed by atoms with van der Waals surface area (Å²) in [7, 11) is -8.69. The van der Waals surface area contributed by atoms with Crippen LogP contribution in [0, 0.1) is 0 Å². The number of aliphatic hydroxyl groups is 2. The zero-order chi connectivity index (χ0) is 34.7. The molecular weight excluding hydrogens is 638 g/mol. The SMILES string of the molecule is CCOP(=O)([O-])C(O)c1cc(C(C)(C)C)cc(C(C)(C)C)c1.CCOP(=O)([O-])C(O)c1cc(C(C)(C)C)cc(C(C)(C)C)c1.[Ca+2]. The summed E-state index contributed by atoms with van der Waals surface area (Å²) in [6.07, 6.45) is 0. The molecule has 2 rings (SSSR count). The van der Waals surface area contributed by atoms with E-state index in [0.717, 1.165) is 22.3 Å². The van der Waals surface area contributed by atoms with Crippen LogP contribution in [0.25, 0.3) is 0 Å². The molecule has 0 bridgehead atoms. The molecule has 0 amide bonds. The van der Waals surface area contributed by atoms with Gasteiger partial charge in [-0.3, -0.25) is 0 Å². The van der Waals surface area contributed by atoms with Gasteiger partial charge in [0.1, 0.15) is 11.7 Å². The first-order valence-electron chi connectivity index (χ1n) is 15.2. The van der Waals surface area contributed by atoms with Gasteiger partial charge in [0.05, 0.1) is 13.2 Å². The molecule has 0 aromatic heterocycles. The fraction of sp³-hybridized carbons (Fsp3) is 0.647. The molecule has 4 atom stereocenters. The molecule has 2 aromatic rings. The minimum atomic E-state index is -4.34. The van der Waals surface area contributed by atoms with Crippen molar-refractivity contribution in [3.05, 3.63) is 69.8 Å². The van der Waals surface area contributed by atoms with E-state index in [1.807, 2.05) is 0 Å². The molecule has 0 aliphatic rings. The maximum absolute atomic E-state index is 12.0. The van der Waals surface area contributed by atoms with Crippen LogP contribution in [0.1, 0.15) is 142 Å². The van der Waals surface area contributed by atoms with E-state index in [0.29, 0.717) is 11.1 Å². The average Bonchev–Trinajstić information content (AvgIpc) is 2.85. The molecule has 0 radical (unpaired) electrons. The second-order valence-electron chi connectivity index (χ2n) is 15.3. The zero-order valence-corrected chi connectivity index (χ0v) is 34.0. The van der Waals surface area contributed by atoms with Crippen molar-refractivity contribution in [2.45, 2.75) is 130 Å². The second kappa shape index (κ2) is 16.5. The number of rotatable bonds is 8. The van der Waals surface area contributed by atoms with Gasteiger partial charge in [-0.1, -0.05) is 119 Å². The molecule has 0 saturated heterocycles. The fourth-order valence-corrected chi connectivity index (χ4v) is 6.23. The van der Waals surface area contributed by atoms with Gasteiger partial charge in [-0.25, -0.2) is 0 Å². The monoisotopic (exact) mass is 694 g/mol. The van der Waals surface area contributed by atoms with Crippen LogP contribution in [0.3, 0.4) is 0 Å². The number of hydrogen-bond donors (Lipinski definition) is 2. The van der Waals surface area contributed by atoms with Crippen molar-refractivity contribution in [2.24, 2.45) is 0 Å². The molecule has 0 aliphatic heterocycles. The van der Waals surface area contributed by atoms with Gasteiger partial charge >= 0.3 is 37.7 Å². The Balaban J connectivity index is 0.000000842. The van der Waals surface area contributed by atoms with Crippen LogP contribution >= 0.6 is 15.2 Å². The summed E-state index contributed by atoms with van der Waals surface area (Å²) in [5, 5.41) is 20.5. The molecule has 45 heavy (non-hydrogen) atoms. The Morgan fingerprint density at radius 3 is 0.911 bits per heavy atom. The molecule has 0 fully saturated rings. The molecular formula is C34H56CaO8P2. The summed E-state index contributed by atoms with van der Waals surface area (Å²) < 4.78 is 33.5. The summed E-state index contributed by atoms with van der Waals surface area (Å²) in [4.78, 5) is 24.0. The van der Waals surface area contributed by atoms with Gasteiger partial charge in [0.2, 0.25) is 0 Å². The Morgan fingerprint density at radius 1 is 0.556 bits per heavy atom. The molecule has 0 spiro atoms. The normalized spacial score (nSPS) is 16.8. The molecule has 2 aromatic carbocycles. The summed E-state index contributed by atoms with van der Waals surface area (Å²) in [5.41, 5.74) is 4.12. The van der Waals surface area contributed by atoms with E-state index in [9.17, 15) is 29.1 Å². The molecule has 0 heterocycles. The van der Waals surface area contributed by atoms with Gasteiger partial charge in [-0.05, 0) is 68.9 Å².